The zero-order chi connectivity index (χ0) is 11.1. The van der Waals surface area contributed by atoms with E-state index in [2.05, 4.69) is 0 Å². The minimum absolute atomic E-state index is 0.0492. The predicted octanol–water partition coefficient (Wildman–Crippen LogP) is 2.48. The van der Waals surface area contributed by atoms with Crippen LogP contribution in [0.4, 0.5) is 0 Å². The predicted molar refractivity (Wildman–Crippen MR) is 56.2 cm³/mol. The third-order valence-corrected chi connectivity index (χ3v) is 1.94. The van der Waals surface area contributed by atoms with Gasteiger partial charge >= 0.3 is 0 Å². The molecule has 0 aromatic rings. The topological polar surface area (TPSA) is 47.9 Å². The van der Waals surface area contributed by atoms with Gasteiger partial charge in [-0.15, -0.1) is 0 Å². The van der Waals surface area contributed by atoms with Gasteiger partial charge in [0, 0.05) is 6.08 Å². The number of rotatable bonds is 6. The van der Waals surface area contributed by atoms with E-state index in [1.54, 1.807) is 6.08 Å². The highest BCUT2D eigenvalue weighted by atomic mass is 16.7. The summed E-state index contributed by atoms with van der Waals surface area (Å²) in [5.74, 6) is -1.20. The number of hydrogen-bond acceptors (Lipinski definition) is 4. The van der Waals surface area contributed by atoms with Crippen molar-refractivity contribution in [1.82, 2.24) is 0 Å². The van der Waals surface area contributed by atoms with Gasteiger partial charge in [-0.1, -0.05) is 13.8 Å². The van der Waals surface area contributed by atoms with Gasteiger partial charge in [-0.3, -0.25) is 0 Å². The lowest BCUT2D eigenvalue weighted by atomic mass is 10.2. The molecule has 86 valence electrons. The fraction of sp³-hybridized carbons (Fsp3) is 0.636. The Kier molecular flexibility index (Phi) is 4.65. The number of aliphatic hydroxyl groups excluding tert-OH is 1. The second-order valence-corrected chi connectivity index (χ2v) is 3.31. The molecule has 4 heteroatoms. The largest absolute Gasteiger partial charge is 0.504 e. The van der Waals surface area contributed by atoms with E-state index in [1.165, 1.54) is 12.5 Å². The molecule has 0 amide bonds. The molecule has 1 N–H and O–H groups in total. The maximum atomic E-state index is 9.71. The van der Waals surface area contributed by atoms with E-state index >= 15 is 0 Å². The minimum atomic E-state index is -1.15. The quantitative estimate of drug-likeness (QED) is 0.690. The molecule has 0 bridgehead atoms. The van der Waals surface area contributed by atoms with Crippen LogP contribution in [-0.4, -0.2) is 24.1 Å². The van der Waals surface area contributed by atoms with E-state index in [1.807, 2.05) is 13.8 Å². The third kappa shape index (κ3) is 2.97. The van der Waals surface area contributed by atoms with Crippen LogP contribution < -0.4 is 0 Å². The van der Waals surface area contributed by atoms with Crippen molar-refractivity contribution in [3.05, 3.63) is 24.4 Å². The Labute approximate surface area is 90.1 Å². The summed E-state index contributed by atoms with van der Waals surface area (Å²) in [5.41, 5.74) is 0. The molecule has 1 rings (SSSR count). The maximum Gasteiger partial charge on any atom is 0.254 e. The fourth-order valence-corrected chi connectivity index (χ4v) is 1.19. The van der Waals surface area contributed by atoms with Gasteiger partial charge in [0.1, 0.15) is 6.26 Å². The van der Waals surface area contributed by atoms with Gasteiger partial charge in [-0.2, -0.15) is 0 Å². The first-order valence-electron chi connectivity index (χ1n) is 5.26. The zero-order valence-electron chi connectivity index (χ0n) is 9.23. The monoisotopic (exact) mass is 214 g/mol. The summed E-state index contributed by atoms with van der Waals surface area (Å²) in [5, 5.41) is 9.71. The summed E-state index contributed by atoms with van der Waals surface area (Å²) in [4.78, 5) is 0. The summed E-state index contributed by atoms with van der Waals surface area (Å²) in [6.07, 6.45) is 5.97. The van der Waals surface area contributed by atoms with Crippen LogP contribution in [-0.2, 0) is 14.2 Å². The van der Waals surface area contributed by atoms with E-state index in [9.17, 15) is 5.11 Å². The van der Waals surface area contributed by atoms with Gasteiger partial charge in [0.05, 0.1) is 19.5 Å². The summed E-state index contributed by atoms with van der Waals surface area (Å²) in [6.45, 7) is 5.03. The molecule has 1 heterocycles. The Morgan fingerprint density at radius 2 is 1.87 bits per heavy atom. The highest BCUT2D eigenvalue weighted by Gasteiger charge is 2.36. The second kappa shape index (κ2) is 5.78. The van der Waals surface area contributed by atoms with E-state index in [0.717, 1.165) is 12.8 Å². The average molecular weight is 214 g/mol. The van der Waals surface area contributed by atoms with Gasteiger partial charge in [-0.25, -0.2) is 0 Å². The van der Waals surface area contributed by atoms with E-state index < -0.39 is 5.79 Å². The molecule has 0 aromatic heterocycles. The van der Waals surface area contributed by atoms with Crippen molar-refractivity contribution in [2.24, 2.45) is 0 Å². The standard InChI is InChI=1S/C11H18O4/c1-3-6-14-11(15-7-4-2)5-8-13-9-10(11)12/h5,8-9,12H,3-4,6-7H2,1-2H3. The molecule has 4 nitrogen and oxygen atoms in total. The van der Waals surface area contributed by atoms with Gasteiger partial charge in [0.2, 0.25) is 0 Å². The van der Waals surface area contributed by atoms with Crippen LogP contribution in [0.15, 0.2) is 24.4 Å². The van der Waals surface area contributed by atoms with Crippen molar-refractivity contribution < 1.29 is 19.3 Å². The van der Waals surface area contributed by atoms with Crippen LogP contribution in [0.2, 0.25) is 0 Å². The second-order valence-electron chi connectivity index (χ2n) is 3.31. The summed E-state index contributed by atoms with van der Waals surface area (Å²) in [7, 11) is 0. The van der Waals surface area contributed by atoms with Crippen LogP contribution >= 0.6 is 0 Å². The fourth-order valence-electron chi connectivity index (χ4n) is 1.19. The third-order valence-electron chi connectivity index (χ3n) is 1.94. The normalized spacial score (nSPS) is 18.4. The molecular formula is C11H18O4. The SMILES string of the molecule is CCCOC1(OCCC)C=COC=C1O. The molecule has 0 unspecified atom stereocenters. The summed E-state index contributed by atoms with van der Waals surface area (Å²) < 4.78 is 15.9. The first-order chi connectivity index (χ1) is 7.25. The van der Waals surface area contributed by atoms with Crippen molar-refractivity contribution in [3.8, 4) is 0 Å². The molecule has 0 radical (unpaired) electrons. The molecule has 0 aliphatic carbocycles. The van der Waals surface area contributed by atoms with Gasteiger partial charge < -0.3 is 19.3 Å². The summed E-state index contributed by atoms with van der Waals surface area (Å²) in [6, 6.07) is 0. The Hall–Kier alpha value is -1.00. The lowest BCUT2D eigenvalue weighted by Crippen LogP contribution is -2.38. The van der Waals surface area contributed by atoms with Crippen molar-refractivity contribution in [2.45, 2.75) is 32.5 Å². The molecule has 0 fully saturated rings. The van der Waals surface area contributed by atoms with Gasteiger partial charge in [-0.05, 0) is 12.8 Å². The number of aliphatic hydroxyl groups is 1. The van der Waals surface area contributed by atoms with Crippen molar-refractivity contribution in [1.29, 1.82) is 0 Å². The van der Waals surface area contributed by atoms with Crippen LogP contribution in [0.5, 0.6) is 0 Å². The van der Waals surface area contributed by atoms with Crippen molar-refractivity contribution in [3.63, 3.8) is 0 Å². The highest BCUT2D eigenvalue weighted by molar-refractivity contribution is 5.16. The number of hydrogen-bond donors (Lipinski definition) is 1. The van der Waals surface area contributed by atoms with Gasteiger partial charge in [0.15, 0.2) is 5.76 Å². The maximum absolute atomic E-state index is 9.71. The molecule has 0 saturated carbocycles. The van der Waals surface area contributed by atoms with E-state index in [4.69, 9.17) is 14.2 Å². The Morgan fingerprint density at radius 1 is 1.27 bits per heavy atom. The highest BCUT2D eigenvalue weighted by Crippen LogP contribution is 2.27. The Balaban J connectivity index is 2.69. The number of ether oxygens (including phenoxy) is 3. The van der Waals surface area contributed by atoms with Crippen LogP contribution in [0.25, 0.3) is 0 Å². The molecular weight excluding hydrogens is 196 g/mol. The smallest absolute Gasteiger partial charge is 0.254 e. The lowest BCUT2D eigenvalue weighted by molar-refractivity contribution is -0.200. The van der Waals surface area contributed by atoms with E-state index in [0.29, 0.717) is 13.2 Å². The molecule has 1 aliphatic heterocycles. The average Bonchev–Trinajstić information content (AvgIpc) is 2.27. The first kappa shape index (κ1) is 12.1. The molecule has 15 heavy (non-hydrogen) atoms. The van der Waals surface area contributed by atoms with Crippen molar-refractivity contribution >= 4 is 0 Å². The van der Waals surface area contributed by atoms with Crippen LogP contribution in [0, 0.1) is 0 Å². The Bertz CT molecular complexity index is 237. The van der Waals surface area contributed by atoms with E-state index in [-0.39, 0.29) is 5.76 Å². The summed E-state index contributed by atoms with van der Waals surface area (Å²) >= 11 is 0. The molecule has 0 aromatic carbocycles. The van der Waals surface area contributed by atoms with Gasteiger partial charge in [0.25, 0.3) is 5.79 Å². The van der Waals surface area contributed by atoms with Crippen molar-refractivity contribution in [2.75, 3.05) is 13.2 Å². The van der Waals surface area contributed by atoms with Crippen LogP contribution in [0.3, 0.4) is 0 Å². The molecule has 0 saturated heterocycles. The molecule has 0 spiro atoms. The molecule has 0 atom stereocenters. The minimum Gasteiger partial charge on any atom is -0.504 e. The van der Waals surface area contributed by atoms with Crippen LogP contribution in [0.1, 0.15) is 26.7 Å². The first-order valence-corrected chi connectivity index (χ1v) is 5.26. The zero-order valence-corrected chi connectivity index (χ0v) is 9.23. The molecule has 1 aliphatic rings. The lowest BCUT2D eigenvalue weighted by Gasteiger charge is -2.31. The Morgan fingerprint density at radius 3 is 2.33 bits per heavy atom.